The lowest BCUT2D eigenvalue weighted by molar-refractivity contribution is -0.142. The highest BCUT2D eigenvalue weighted by molar-refractivity contribution is 6.32. The van der Waals surface area contributed by atoms with Gasteiger partial charge in [0.25, 0.3) is 0 Å². The first-order chi connectivity index (χ1) is 7.88. The summed E-state index contributed by atoms with van der Waals surface area (Å²) in [6.07, 6.45) is 0. The van der Waals surface area contributed by atoms with Crippen molar-refractivity contribution in [1.82, 2.24) is 4.90 Å². The zero-order valence-electron chi connectivity index (χ0n) is 10.3. The summed E-state index contributed by atoms with van der Waals surface area (Å²) in [6, 6.07) is 2.68. The number of ether oxygens (including phenoxy) is 1. The van der Waals surface area contributed by atoms with Gasteiger partial charge in [-0.2, -0.15) is 0 Å². The number of aliphatic carboxylic acids is 1. The Balaban J connectivity index is 3.30. The molecule has 17 heavy (non-hydrogen) atoms. The maximum Gasteiger partial charge on any atom is 0.325 e. The van der Waals surface area contributed by atoms with Crippen molar-refractivity contribution >= 4 is 17.6 Å². The molecule has 0 aliphatic rings. The molecule has 0 fully saturated rings. The molecule has 0 aliphatic carbocycles. The molecule has 0 radical (unpaired) electrons. The predicted octanol–water partition coefficient (Wildman–Crippen LogP) is 2.34. The Morgan fingerprint density at radius 3 is 2.47 bits per heavy atom. The van der Waals surface area contributed by atoms with Gasteiger partial charge < -0.3 is 9.84 Å². The van der Waals surface area contributed by atoms with Crippen LogP contribution in [0.15, 0.2) is 12.1 Å². The smallest absolute Gasteiger partial charge is 0.325 e. The van der Waals surface area contributed by atoms with E-state index in [2.05, 4.69) is 0 Å². The van der Waals surface area contributed by atoms with Crippen molar-refractivity contribution in [1.29, 1.82) is 0 Å². The van der Waals surface area contributed by atoms with Gasteiger partial charge in [0.15, 0.2) is 0 Å². The number of nitrogens with zero attached hydrogens (tertiary/aromatic N) is 1. The Morgan fingerprint density at radius 1 is 1.47 bits per heavy atom. The zero-order valence-corrected chi connectivity index (χ0v) is 11.1. The van der Waals surface area contributed by atoms with Crippen molar-refractivity contribution in [2.75, 3.05) is 21.2 Å². The van der Waals surface area contributed by atoms with E-state index in [0.29, 0.717) is 16.3 Å². The average molecular weight is 258 g/mol. The van der Waals surface area contributed by atoms with E-state index in [1.807, 2.05) is 6.92 Å². The second-order valence-electron chi connectivity index (χ2n) is 4.05. The molecule has 0 amide bonds. The van der Waals surface area contributed by atoms with Crippen LogP contribution in [0.4, 0.5) is 0 Å². The number of rotatable bonds is 4. The lowest BCUT2D eigenvalue weighted by Crippen LogP contribution is -2.28. The molecule has 0 bridgehead atoms. The molecular weight excluding hydrogens is 242 g/mol. The van der Waals surface area contributed by atoms with Crippen LogP contribution < -0.4 is 4.74 Å². The molecule has 0 aromatic heterocycles. The average Bonchev–Trinajstić information content (AvgIpc) is 2.21. The molecule has 0 aliphatic heterocycles. The van der Waals surface area contributed by atoms with Gasteiger partial charge in [0.05, 0.1) is 12.1 Å². The van der Waals surface area contributed by atoms with Crippen LogP contribution in [-0.2, 0) is 4.79 Å². The van der Waals surface area contributed by atoms with E-state index in [1.54, 1.807) is 31.1 Å². The van der Waals surface area contributed by atoms with Crippen LogP contribution >= 0.6 is 11.6 Å². The van der Waals surface area contributed by atoms with E-state index in [1.165, 1.54) is 7.11 Å². The number of hydrogen-bond acceptors (Lipinski definition) is 3. The first kappa shape index (κ1) is 13.8. The molecule has 0 saturated carbocycles. The number of benzene rings is 1. The van der Waals surface area contributed by atoms with Crippen LogP contribution in [-0.4, -0.2) is 37.2 Å². The molecular formula is C12H16ClNO3. The summed E-state index contributed by atoms with van der Waals surface area (Å²) < 4.78 is 5.09. The number of carbonyl (C=O) groups is 1. The maximum atomic E-state index is 11.2. The third-order valence-corrected chi connectivity index (χ3v) is 2.88. The van der Waals surface area contributed by atoms with Gasteiger partial charge >= 0.3 is 5.97 Å². The van der Waals surface area contributed by atoms with Crippen molar-refractivity contribution in [2.24, 2.45) is 0 Å². The Hall–Kier alpha value is -1.26. The fourth-order valence-electron chi connectivity index (χ4n) is 1.75. The van der Waals surface area contributed by atoms with E-state index >= 15 is 0 Å². The highest BCUT2D eigenvalue weighted by Crippen LogP contribution is 2.32. The lowest BCUT2D eigenvalue weighted by Gasteiger charge is -2.22. The molecule has 94 valence electrons. The molecule has 0 heterocycles. The highest BCUT2D eigenvalue weighted by Gasteiger charge is 2.24. The number of hydrogen-bond donors (Lipinski definition) is 1. The number of carboxylic acids is 1. The number of carboxylic acid groups (broad SMARTS) is 1. The van der Waals surface area contributed by atoms with E-state index < -0.39 is 12.0 Å². The second kappa shape index (κ2) is 5.38. The van der Waals surface area contributed by atoms with Gasteiger partial charge in [-0.05, 0) is 44.3 Å². The molecule has 1 unspecified atom stereocenters. The number of aryl methyl sites for hydroxylation is 1. The van der Waals surface area contributed by atoms with Crippen LogP contribution in [0.3, 0.4) is 0 Å². The van der Waals surface area contributed by atoms with Crippen LogP contribution in [0.5, 0.6) is 5.75 Å². The van der Waals surface area contributed by atoms with Crippen molar-refractivity contribution in [3.05, 3.63) is 28.3 Å². The Morgan fingerprint density at radius 2 is 2.06 bits per heavy atom. The summed E-state index contributed by atoms with van der Waals surface area (Å²) in [4.78, 5) is 12.9. The van der Waals surface area contributed by atoms with Gasteiger partial charge in [0.1, 0.15) is 11.8 Å². The van der Waals surface area contributed by atoms with E-state index in [9.17, 15) is 9.90 Å². The molecule has 5 heteroatoms. The zero-order chi connectivity index (χ0) is 13.2. The normalized spacial score (nSPS) is 12.6. The highest BCUT2D eigenvalue weighted by atomic mass is 35.5. The summed E-state index contributed by atoms with van der Waals surface area (Å²) in [6.45, 7) is 1.84. The van der Waals surface area contributed by atoms with Crippen LogP contribution in [0.2, 0.25) is 5.02 Å². The largest absolute Gasteiger partial charge is 0.495 e. The topological polar surface area (TPSA) is 49.8 Å². The number of likely N-dealkylation sites (N-methyl/N-ethyl adjacent to an activating group) is 1. The van der Waals surface area contributed by atoms with Gasteiger partial charge in [-0.3, -0.25) is 9.69 Å². The molecule has 4 nitrogen and oxygen atoms in total. The summed E-state index contributed by atoms with van der Waals surface area (Å²) in [5.41, 5.74) is 1.51. The van der Waals surface area contributed by atoms with E-state index in [-0.39, 0.29) is 0 Å². The Labute approximate surface area is 106 Å². The van der Waals surface area contributed by atoms with Gasteiger partial charge in [-0.15, -0.1) is 0 Å². The van der Waals surface area contributed by atoms with Gasteiger partial charge in [-0.25, -0.2) is 0 Å². The molecule has 0 saturated heterocycles. The second-order valence-corrected chi connectivity index (χ2v) is 4.45. The van der Waals surface area contributed by atoms with E-state index in [4.69, 9.17) is 16.3 Å². The molecule has 1 N–H and O–H groups in total. The lowest BCUT2D eigenvalue weighted by atomic mass is 10.00. The van der Waals surface area contributed by atoms with E-state index in [0.717, 1.165) is 5.56 Å². The minimum atomic E-state index is -0.903. The molecule has 1 aromatic carbocycles. The van der Waals surface area contributed by atoms with Crippen LogP contribution in [0.25, 0.3) is 0 Å². The Kier molecular flexibility index (Phi) is 4.37. The molecule has 1 aromatic rings. The minimum absolute atomic E-state index is 0.418. The molecule has 1 atom stereocenters. The van der Waals surface area contributed by atoms with Gasteiger partial charge in [0, 0.05) is 0 Å². The summed E-state index contributed by atoms with van der Waals surface area (Å²) in [7, 11) is 4.97. The quantitative estimate of drug-likeness (QED) is 0.900. The first-order valence-corrected chi connectivity index (χ1v) is 5.49. The van der Waals surface area contributed by atoms with Crippen molar-refractivity contribution in [2.45, 2.75) is 13.0 Å². The first-order valence-electron chi connectivity index (χ1n) is 5.11. The standard InChI is InChI=1S/C12H16ClNO3/c1-7-5-10(17-4)9(13)6-8(7)11(12(15)16)14(2)3/h5-6,11H,1-4H3,(H,15,16). The summed E-state index contributed by atoms with van der Waals surface area (Å²) >= 11 is 6.02. The van der Waals surface area contributed by atoms with Crippen molar-refractivity contribution in [3.8, 4) is 5.75 Å². The third-order valence-electron chi connectivity index (χ3n) is 2.59. The molecule has 1 rings (SSSR count). The fraction of sp³-hybridized carbons (Fsp3) is 0.417. The van der Waals surface area contributed by atoms with Gasteiger partial charge in [-0.1, -0.05) is 11.6 Å². The monoisotopic (exact) mass is 257 g/mol. The van der Waals surface area contributed by atoms with Crippen molar-refractivity contribution < 1.29 is 14.6 Å². The SMILES string of the molecule is COc1cc(C)c(C(C(=O)O)N(C)C)cc1Cl. The third kappa shape index (κ3) is 2.90. The fourth-order valence-corrected chi connectivity index (χ4v) is 2.00. The van der Waals surface area contributed by atoms with Gasteiger partial charge in [0.2, 0.25) is 0 Å². The molecule has 0 spiro atoms. The van der Waals surface area contributed by atoms with Crippen molar-refractivity contribution in [3.63, 3.8) is 0 Å². The Bertz CT molecular complexity index is 432. The van der Waals surface area contributed by atoms with Crippen LogP contribution in [0, 0.1) is 6.92 Å². The van der Waals surface area contributed by atoms with Crippen LogP contribution in [0.1, 0.15) is 17.2 Å². The number of halogens is 1. The minimum Gasteiger partial charge on any atom is -0.495 e. The number of methoxy groups -OCH3 is 1. The maximum absolute atomic E-state index is 11.2. The summed E-state index contributed by atoms with van der Waals surface area (Å²) in [5.74, 6) is -0.352. The summed E-state index contributed by atoms with van der Waals surface area (Å²) in [5, 5.41) is 9.64. The predicted molar refractivity (Wildman–Crippen MR) is 66.8 cm³/mol.